The van der Waals surface area contributed by atoms with Crippen molar-refractivity contribution in [3.63, 3.8) is 0 Å². The fraction of sp³-hybridized carbons (Fsp3) is 0.429. The van der Waals surface area contributed by atoms with Gasteiger partial charge in [-0.15, -0.1) is 0 Å². The molecule has 0 saturated carbocycles. The summed E-state index contributed by atoms with van der Waals surface area (Å²) in [5.74, 6) is -2.17. The summed E-state index contributed by atoms with van der Waals surface area (Å²) < 4.78 is 38.3. The van der Waals surface area contributed by atoms with Crippen molar-refractivity contribution in [3.05, 3.63) is 28.2 Å². The highest BCUT2D eigenvalue weighted by molar-refractivity contribution is 9.10. The average molecular weight is 397 g/mol. The van der Waals surface area contributed by atoms with Crippen LogP contribution in [0.3, 0.4) is 0 Å². The van der Waals surface area contributed by atoms with E-state index in [4.69, 9.17) is 5.11 Å². The molecule has 0 aliphatic rings. The smallest absolute Gasteiger partial charge is 0.417 e. The lowest BCUT2D eigenvalue weighted by atomic mass is 10.2. The highest BCUT2D eigenvalue weighted by atomic mass is 79.9. The van der Waals surface area contributed by atoms with Crippen LogP contribution in [0.15, 0.2) is 22.7 Å². The van der Waals surface area contributed by atoms with Crippen LogP contribution < -0.4 is 5.32 Å². The van der Waals surface area contributed by atoms with E-state index in [0.717, 1.165) is 6.07 Å². The van der Waals surface area contributed by atoms with Crippen molar-refractivity contribution in [1.82, 2.24) is 4.90 Å². The summed E-state index contributed by atoms with van der Waals surface area (Å²) in [7, 11) is 1.56. The molecule has 0 saturated heterocycles. The topological polar surface area (TPSA) is 69.6 Å². The number of nitrogens with zero attached hydrogens (tertiary/aromatic N) is 1. The third-order valence-corrected chi connectivity index (χ3v) is 3.67. The van der Waals surface area contributed by atoms with E-state index in [-0.39, 0.29) is 23.2 Å². The largest absolute Gasteiger partial charge is 0.481 e. The minimum Gasteiger partial charge on any atom is -0.481 e. The van der Waals surface area contributed by atoms with Gasteiger partial charge in [-0.2, -0.15) is 13.2 Å². The number of carboxylic acids is 1. The summed E-state index contributed by atoms with van der Waals surface area (Å²) >= 11 is 2.82. The molecule has 1 aromatic carbocycles. The highest BCUT2D eigenvalue weighted by Gasteiger charge is 2.33. The standard InChI is InChI=1S/C14H16BrF3N2O3/c1-8(13(22)23)6-20(2)7-12(21)19-9-3-4-11(15)10(5-9)14(16,17)18/h3-5,8H,6-7H2,1-2H3,(H,19,21)(H,22,23). The van der Waals surface area contributed by atoms with Crippen molar-refractivity contribution >= 4 is 33.5 Å². The molecular weight excluding hydrogens is 381 g/mol. The first-order valence-electron chi connectivity index (χ1n) is 6.58. The predicted molar refractivity (Wildman–Crippen MR) is 82.1 cm³/mol. The van der Waals surface area contributed by atoms with E-state index in [9.17, 15) is 22.8 Å². The Labute approximate surface area is 139 Å². The van der Waals surface area contributed by atoms with Crippen LogP contribution >= 0.6 is 15.9 Å². The Kier molecular flexibility index (Phi) is 6.57. The number of halogens is 4. The zero-order valence-electron chi connectivity index (χ0n) is 12.4. The normalized spacial score (nSPS) is 13.0. The van der Waals surface area contributed by atoms with E-state index < -0.39 is 29.5 Å². The van der Waals surface area contributed by atoms with Gasteiger partial charge < -0.3 is 10.4 Å². The average Bonchev–Trinajstić information content (AvgIpc) is 2.39. The maximum absolute atomic E-state index is 12.8. The Morgan fingerprint density at radius 1 is 1.39 bits per heavy atom. The Morgan fingerprint density at radius 3 is 2.52 bits per heavy atom. The van der Waals surface area contributed by atoms with Gasteiger partial charge in [0.15, 0.2) is 0 Å². The minimum absolute atomic E-state index is 0.0187. The van der Waals surface area contributed by atoms with Crippen LogP contribution in [0.2, 0.25) is 0 Å². The third kappa shape index (κ3) is 6.19. The molecule has 5 nitrogen and oxygen atoms in total. The van der Waals surface area contributed by atoms with Gasteiger partial charge in [-0.3, -0.25) is 14.5 Å². The lowest BCUT2D eigenvalue weighted by molar-refractivity contribution is -0.142. The molecule has 1 aromatic rings. The lowest BCUT2D eigenvalue weighted by Gasteiger charge is -2.18. The Balaban J connectivity index is 2.69. The molecule has 9 heteroatoms. The van der Waals surface area contributed by atoms with E-state index in [1.807, 2.05) is 0 Å². The maximum atomic E-state index is 12.8. The van der Waals surface area contributed by atoms with E-state index in [1.165, 1.54) is 24.0 Å². The molecule has 0 bridgehead atoms. The monoisotopic (exact) mass is 396 g/mol. The molecule has 0 aliphatic heterocycles. The second-order valence-corrected chi connectivity index (χ2v) is 6.03. The van der Waals surface area contributed by atoms with E-state index in [0.29, 0.717) is 0 Å². The number of rotatable bonds is 6. The van der Waals surface area contributed by atoms with E-state index in [2.05, 4.69) is 21.2 Å². The number of anilines is 1. The first kappa shape index (κ1) is 19.4. The number of amides is 1. The third-order valence-electron chi connectivity index (χ3n) is 2.98. The van der Waals surface area contributed by atoms with E-state index in [1.54, 1.807) is 7.05 Å². The van der Waals surface area contributed by atoms with E-state index >= 15 is 0 Å². The Bertz CT molecular complexity index is 593. The molecule has 0 radical (unpaired) electrons. The maximum Gasteiger partial charge on any atom is 0.417 e. The van der Waals surface area contributed by atoms with Gasteiger partial charge in [0.2, 0.25) is 5.91 Å². The Hall–Kier alpha value is -1.61. The second kappa shape index (κ2) is 7.78. The van der Waals surface area contributed by atoms with Gasteiger partial charge in [-0.25, -0.2) is 0 Å². The van der Waals surface area contributed by atoms with Crippen LogP contribution in [0, 0.1) is 5.92 Å². The molecule has 0 aromatic heterocycles. The van der Waals surface area contributed by atoms with Crippen LogP contribution in [-0.2, 0) is 15.8 Å². The van der Waals surface area contributed by atoms with Crippen LogP contribution in [0.1, 0.15) is 12.5 Å². The van der Waals surface area contributed by atoms with Crippen LogP contribution in [0.4, 0.5) is 18.9 Å². The molecule has 128 valence electrons. The number of likely N-dealkylation sites (N-methyl/N-ethyl adjacent to an activating group) is 1. The molecule has 0 heterocycles. The second-order valence-electron chi connectivity index (χ2n) is 5.18. The summed E-state index contributed by atoms with van der Waals surface area (Å²) in [4.78, 5) is 24.0. The number of aliphatic carboxylic acids is 1. The summed E-state index contributed by atoms with van der Waals surface area (Å²) in [6, 6.07) is 3.38. The number of benzene rings is 1. The summed E-state index contributed by atoms with van der Waals surface area (Å²) in [6.07, 6.45) is -4.53. The number of hydrogen-bond donors (Lipinski definition) is 2. The number of nitrogens with one attached hydrogen (secondary N) is 1. The molecule has 0 spiro atoms. The molecule has 2 N–H and O–H groups in total. The van der Waals surface area contributed by atoms with Gasteiger partial charge >= 0.3 is 12.1 Å². The van der Waals surface area contributed by atoms with Gasteiger partial charge in [0.1, 0.15) is 0 Å². The summed E-state index contributed by atoms with van der Waals surface area (Å²) in [5, 5.41) is 11.2. The molecule has 23 heavy (non-hydrogen) atoms. The molecule has 0 fully saturated rings. The van der Waals surface area contributed by atoms with Crippen molar-refractivity contribution < 1.29 is 27.9 Å². The number of carbonyl (C=O) groups is 2. The number of alkyl halides is 3. The molecule has 1 atom stereocenters. The molecule has 1 rings (SSSR count). The van der Waals surface area contributed by atoms with Crippen molar-refractivity contribution in [1.29, 1.82) is 0 Å². The zero-order valence-corrected chi connectivity index (χ0v) is 14.0. The van der Waals surface area contributed by atoms with Gasteiger partial charge in [0, 0.05) is 16.7 Å². The predicted octanol–water partition coefficient (Wildman–Crippen LogP) is 3.06. The SMILES string of the molecule is CC(CN(C)CC(=O)Nc1ccc(Br)c(C(F)(F)F)c1)C(=O)O. The van der Waals surface area contributed by atoms with Gasteiger partial charge in [-0.05, 0) is 25.2 Å². The quantitative estimate of drug-likeness (QED) is 0.775. The summed E-state index contributed by atoms with van der Waals surface area (Å²) in [5.41, 5.74) is -0.867. The van der Waals surface area contributed by atoms with Crippen molar-refractivity contribution in [3.8, 4) is 0 Å². The highest BCUT2D eigenvalue weighted by Crippen LogP contribution is 2.36. The van der Waals surface area contributed by atoms with Crippen molar-refractivity contribution in [2.24, 2.45) is 5.92 Å². The van der Waals surface area contributed by atoms with Crippen LogP contribution in [-0.4, -0.2) is 42.0 Å². The first-order chi connectivity index (χ1) is 10.5. The Morgan fingerprint density at radius 2 is 2.00 bits per heavy atom. The van der Waals surface area contributed by atoms with Crippen molar-refractivity contribution in [2.75, 3.05) is 25.5 Å². The molecule has 1 amide bonds. The minimum atomic E-state index is -4.53. The molecular formula is C14H16BrF3N2O3. The number of hydrogen-bond acceptors (Lipinski definition) is 3. The summed E-state index contributed by atoms with van der Waals surface area (Å²) in [6.45, 7) is 1.52. The fourth-order valence-corrected chi connectivity index (χ4v) is 2.35. The number of carbonyl (C=O) groups excluding carboxylic acids is 1. The number of carboxylic acid groups (broad SMARTS) is 1. The molecule has 1 unspecified atom stereocenters. The molecule has 0 aliphatic carbocycles. The zero-order chi connectivity index (χ0) is 17.8. The van der Waals surface area contributed by atoms with Crippen LogP contribution in [0.25, 0.3) is 0 Å². The fourth-order valence-electron chi connectivity index (χ4n) is 1.88. The van der Waals surface area contributed by atoms with Crippen LogP contribution in [0.5, 0.6) is 0 Å². The van der Waals surface area contributed by atoms with Crippen molar-refractivity contribution in [2.45, 2.75) is 13.1 Å². The lowest BCUT2D eigenvalue weighted by Crippen LogP contribution is -2.35. The first-order valence-corrected chi connectivity index (χ1v) is 7.38. The van der Waals surface area contributed by atoms with Gasteiger partial charge in [-0.1, -0.05) is 22.9 Å². The van der Waals surface area contributed by atoms with Gasteiger partial charge in [0.05, 0.1) is 18.0 Å². The van der Waals surface area contributed by atoms with Gasteiger partial charge in [0.25, 0.3) is 0 Å².